The van der Waals surface area contributed by atoms with Gasteiger partial charge in [-0.2, -0.15) is 0 Å². The van der Waals surface area contributed by atoms with E-state index in [1.54, 1.807) is 30.5 Å². The van der Waals surface area contributed by atoms with Crippen molar-refractivity contribution in [3.05, 3.63) is 48.2 Å². The third-order valence-electron chi connectivity index (χ3n) is 2.36. The van der Waals surface area contributed by atoms with E-state index < -0.39 is 0 Å². The summed E-state index contributed by atoms with van der Waals surface area (Å²) >= 11 is 0. The highest BCUT2D eigenvalue weighted by Gasteiger charge is 2.20. The predicted octanol–water partition coefficient (Wildman–Crippen LogP) is 2.44. The minimum absolute atomic E-state index is 0.201. The molecule has 0 spiro atoms. The summed E-state index contributed by atoms with van der Waals surface area (Å²) in [6.07, 6.45) is 1.60. The Balaban J connectivity index is 2.18. The average Bonchev–Trinajstić information content (AvgIpc) is 2.45. The molecule has 0 fully saturated rings. The van der Waals surface area contributed by atoms with Crippen LogP contribution in [0.15, 0.2) is 42.6 Å². The van der Waals surface area contributed by atoms with E-state index in [0.29, 0.717) is 22.9 Å². The fourth-order valence-electron chi connectivity index (χ4n) is 1.60. The molecule has 0 radical (unpaired) electrons. The summed E-state index contributed by atoms with van der Waals surface area (Å²) in [4.78, 5) is 15.9. The molecule has 1 amide bonds. The monoisotopic (exact) mass is 212 g/mol. The van der Waals surface area contributed by atoms with Gasteiger partial charge in [0.15, 0.2) is 5.75 Å². The van der Waals surface area contributed by atoms with E-state index in [1.807, 2.05) is 12.1 Å². The number of amides is 1. The van der Waals surface area contributed by atoms with Crippen LogP contribution in [0, 0.1) is 0 Å². The van der Waals surface area contributed by atoms with Gasteiger partial charge in [-0.15, -0.1) is 0 Å². The van der Waals surface area contributed by atoms with Gasteiger partial charge in [0.2, 0.25) is 5.88 Å². The number of pyridine rings is 1. The number of anilines is 1. The van der Waals surface area contributed by atoms with Crippen LogP contribution in [0.4, 0.5) is 5.69 Å². The normalized spacial score (nSPS) is 12.9. The van der Waals surface area contributed by atoms with E-state index >= 15 is 0 Å². The third-order valence-corrected chi connectivity index (χ3v) is 2.36. The molecule has 16 heavy (non-hydrogen) atoms. The lowest BCUT2D eigenvalue weighted by molar-refractivity contribution is 0.102. The second-order valence-corrected chi connectivity index (χ2v) is 3.41. The summed E-state index contributed by atoms with van der Waals surface area (Å²) in [5.74, 6) is 0.742. The maximum absolute atomic E-state index is 11.8. The summed E-state index contributed by atoms with van der Waals surface area (Å²) in [5, 5.41) is 2.77. The Morgan fingerprint density at radius 1 is 1.12 bits per heavy atom. The number of benzene rings is 1. The van der Waals surface area contributed by atoms with Crippen LogP contribution in [0.25, 0.3) is 0 Å². The van der Waals surface area contributed by atoms with Gasteiger partial charge in [0.25, 0.3) is 5.91 Å². The number of hydrogen-bond acceptors (Lipinski definition) is 3. The smallest absolute Gasteiger partial charge is 0.261 e. The van der Waals surface area contributed by atoms with Gasteiger partial charge in [0, 0.05) is 6.20 Å². The van der Waals surface area contributed by atoms with E-state index in [-0.39, 0.29) is 5.91 Å². The number of aromatic nitrogens is 1. The van der Waals surface area contributed by atoms with E-state index in [1.165, 1.54) is 0 Å². The Bertz CT molecular complexity index is 566. The first kappa shape index (κ1) is 8.91. The Hall–Kier alpha value is -2.36. The van der Waals surface area contributed by atoms with Crippen LogP contribution in [-0.4, -0.2) is 10.9 Å². The topological polar surface area (TPSA) is 51.2 Å². The second kappa shape index (κ2) is 3.34. The molecule has 0 aliphatic carbocycles. The fraction of sp³-hybridized carbons (Fsp3) is 0. The van der Waals surface area contributed by atoms with Crippen molar-refractivity contribution in [2.24, 2.45) is 0 Å². The van der Waals surface area contributed by atoms with E-state index in [4.69, 9.17) is 4.74 Å². The number of ether oxygens (including phenoxy) is 1. The molecule has 0 unspecified atom stereocenters. The van der Waals surface area contributed by atoms with E-state index in [0.717, 1.165) is 0 Å². The zero-order chi connectivity index (χ0) is 11.0. The predicted molar refractivity (Wildman–Crippen MR) is 58.7 cm³/mol. The summed E-state index contributed by atoms with van der Waals surface area (Å²) in [7, 11) is 0. The van der Waals surface area contributed by atoms with Gasteiger partial charge < -0.3 is 10.1 Å². The Kier molecular flexibility index (Phi) is 1.86. The molecule has 2 aromatic rings. The molecule has 1 aromatic carbocycles. The fourth-order valence-corrected chi connectivity index (χ4v) is 1.60. The first-order valence-electron chi connectivity index (χ1n) is 4.88. The molecule has 0 saturated heterocycles. The minimum atomic E-state index is -0.201. The Morgan fingerprint density at radius 2 is 2.00 bits per heavy atom. The molecule has 1 N–H and O–H groups in total. The van der Waals surface area contributed by atoms with Crippen LogP contribution in [0.1, 0.15) is 10.4 Å². The molecule has 4 nitrogen and oxygen atoms in total. The van der Waals surface area contributed by atoms with Crippen LogP contribution in [0.5, 0.6) is 11.6 Å². The first-order chi connectivity index (χ1) is 7.84. The molecule has 0 saturated carbocycles. The molecule has 1 aliphatic rings. The summed E-state index contributed by atoms with van der Waals surface area (Å²) in [5.41, 5.74) is 1.10. The van der Waals surface area contributed by atoms with Crippen LogP contribution in [0.2, 0.25) is 0 Å². The molecule has 0 bridgehead atoms. The SMILES string of the molecule is O=C1Nc2ccccc2Oc2ncccc21. The van der Waals surface area contributed by atoms with Gasteiger partial charge in [-0.25, -0.2) is 4.98 Å². The van der Waals surface area contributed by atoms with Crippen LogP contribution < -0.4 is 10.1 Å². The zero-order valence-corrected chi connectivity index (χ0v) is 8.31. The average molecular weight is 212 g/mol. The number of nitrogens with zero attached hydrogens (tertiary/aromatic N) is 1. The molecule has 0 atom stereocenters. The van der Waals surface area contributed by atoms with Crippen LogP contribution in [-0.2, 0) is 0 Å². The van der Waals surface area contributed by atoms with Crippen LogP contribution >= 0.6 is 0 Å². The van der Waals surface area contributed by atoms with Gasteiger partial charge in [-0.3, -0.25) is 4.79 Å². The van der Waals surface area contributed by atoms with Gasteiger partial charge in [0.1, 0.15) is 5.56 Å². The number of nitrogens with one attached hydrogen (secondary N) is 1. The van der Waals surface area contributed by atoms with Crippen molar-refractivity contribution in [1.82, 2.24) is 4.98 Å². The molecule has 1 aliphatic heterocycles. The van der Waals surface area contributed by atoms with Crippen molar-refractivity contribution in [2.45, 2.75) is 0 Å². The number of carbonyl (C=O) groups is 1. The molecule has 2 heterocycles. The summed E-state index contributed by atoms with van der Waals surface area (Å²) < 4.78 is 5.58. The Morgan fingerprint density at radius 3 is 2.94 bits per heavy atom. The van der Waals surface area contributed by atoms with Gasteiger partial charge in [-0.1, -0.05) is 12.1 Å². The molecular weight excluding hydrogens is 204 g/mol. The quantitative estimate of drug-likeness (QED) is 0.729. The maximum atomic E-state index is 11.8. The van der Waals surface area contributed by atoms with Gasteiger partial charge >= 0.3 is 0 Å². The largest absolute Gasteiger partial charge is 0.436 e. The number of para-hydroxylation sites is 2. The van der Waals surface area contributed by atoms with Crippen molar-refractivity contribution in [2.75, 3.05) is 5.32 Å². The highest BCUT2D eigenvalue weighted by Crippen LogP contribution is 2.33. The highest BCUT2D eigenvalue weighted by molar-refractivity contribution is 6.07. The molecule has 1 aromatic heterocycles. The van der Waals surface area contributed by atoms with Crippen molar-refractivity contribution in [1.29, 1.82) is 0 Å². The number of carbonyl (C=O) groups excluding carboxylic acids is 1. The number of hydrogen-bond donors (Lipinski definition) is 1. The van der Waals surface area contributed by atoms with Gasteiger partial charge in [0.05, 0.1) is 5.69 Å². The van der Waals surface area contributed by atoms with Crippen molar-refractivity contribution >= 4 is 11.6 Å². The van der Waals surface area contributed by atoms with Gasteiger partial charge in [-0.05, 0) is 24.3 Å². The first-order valence-corrected chi connectivity index (χ1v) is 4.88. The molecule has 3 rings (SSSR count). The van der Waals surface area contributed by atoms with Crippen molar-refractivity contribution in [3.63, 3.8) is 0 Å². The van der Waals surface area contributed by atoms with E-state index in [2.05, 4.69) is 10.3 Å². The van der Waals surface area contributed by atoms with Crippen molar-refractivity contribution in [3.8, 4) is 11.6 Å². The zero-order valence-electron chi connectivity index (χ0n) is 8.31. The maximum Gasteiger partial charge on any atom is 0.261 e. The molecular formula is C12H8N2O2. The lowest BCUT2D eigenvalue weighted by Crippen LogP contribution is -2.10. The number of rotatable bonds is 0. The lowest BCUT2D eigenvalue weighted by atomic mass is 10.2. The number of fused-ring (bicyclic) bond motifs is 2. The third kappa shape index (κ3) is 1.32. The van der Waals surface area contributed by atoms with E-state index in [9.17, 15) is 4.79 Å². The summed E-state index contributed by atoms with van der Waals surface area (Å²) in [6, 6.07) is 10.7. The Labute approximate surface area is 91.9 Å². The lowest BCUT2D eigenvalue weighted by Gasteiger charge is -2.04. The minimum Gasteiger partial charge on any atom is -0.436 e. The summed E-state index contributed by atoms with van der Waals surface area (Å²) in [6.45, 7) is 0. The molecule has 78 valence electrons. The second-order valence-electron chi connectivity index (χ2n) is 3.41. The van der Waals surface area contributed by atoms with Crippen molar-refractivity contribution < 1.29 is 9.53 Å². The van der Waals surface area contributed by atoms with Crippen LogP contribution in [0.3, 0.4) is 0 Å². The highest BCUT2D eigenvalue weighted by atomic mass is 16.5. The standard InChI is InChI=1S/C12H8N2O2/c15-11-8-4-3-7-13-12(8)16-10-6-2-1-5-9(10)14-11/h1-7H,(H,14,15). The molecule has 4 heteroatoms.